The highest BCUT2D eigenvalue weighted by atomic mass is 32.2. The normalized spacial score (nSPS) is 29.7. The lowest BCUT2D eigenvalue weighted by Crippen LogP contribution is -2.51. The van der Waals surface area contributed by atoms with Gasteiger partial charge in [0.1, 0.15) is 0 Å². The van der Waals surface area contributed by atoms with Crippen LogP contribution in [-0.4, -0.2) is 70.4 Å². The lowest BCUT2D eigenvalue weighted by Gasteiger charge is -2.35. The van der Waals surface area contributed by atoms with Crippen molar-refractivity contribution >= 4 is 29.5 Å². The molecule has 0 aromatic rings. The fourth-order valence-corrected chi connectivity index (χ4v) is 4.86. The smallest absolute Gasteiger partial charge is 0.304 e. The van der Waals surface area contributed by atoms with Gasteiger partial charge in [-0.05, 0) is 24.2 Å². The molecule has 0 bridgehead atoms. The van der Waals surface area contributed by atoms with Gasteiger partial charge in [-0.3, -0.25) is 14.4 Å². The summed E-state index contributed by atoms with van der Waals surface area (Å²) in [5.41, 5.74) is 0.0973. The summed E-state index contributed by atoms with van der Waals surface area (Å²) in [6.45, 7) is 4.58. The molecule has 1 heterocycles. The minimum atomic E-state index is -0.839. The Bertz CT molecular complexity index is 654. The largest absolute Gasteiger partial charge is 0.481 e. The number of carbonyl (C=O) groups excluding carboxylic acids is 2. The Morgan fingerprint density at radius 2 is 1.85 bits per heavy atom. The first kappa shape index (κ1) is 20.0. The molecule has 3 rings (SSSR count). The molecule has 2 fully saturated rings. The van der Waals surface area contributed by atoms with Crippen LogP contribution in [0.2, 0.25) is 0 Å². The molecule has 2 aliphatic carbocycles. The Morgan fingerprint density at radius 3 is 2.48 bits per heavy atom. The molecule has 0 aromatic heterocycles. The molecule has 148 valence electrons. The standard InChI is InChI=1S/C20H28N2O4S/c1-20(6-3-2-4-7-20)16-13-15(16)19(26)22-10-8-21(9-11-22)17(23)14-27-12-5-18(24)25/h2-4,6,15-16H,5,7-14H2,1H3,(H,24,25)/t15-,16-,20?/m1/s1. The number of hydrogen-bond acceptors (Lipinski definition) is 4. The molecule has 0 spiro atoms. The van der Waals surface area contributed by atoms with Crippen molar-refractivity contribution in [3.63, 3.8) is 0 Å². The zero-order valence-electron chi connectivity index (χ0n) is 15.8. The maximum Gasteiger partial charge on any atom is 0.304 e. The van der Waals surface area contributed by atoms with Crippen LogP contribution in [0.15, 0.2) is 24.3 Å². The molecule has 1 N–H and O–H groups in total. The van der Waals surface area contributed by atoms with Crippen molar-refractivity contribution in [1.29, 1.82) is 0 Å². The summed E-state index contributed by atoms with van der Waals surface area (Å²) in [4.78, 5) is 39.2. The molecule has 0 aromatic carbocycles. The fourth-order valence-electron chi connectivity index (χ4n) is 4.04. The predicted molar refractivity (Wildman–Crippen MR) is 105 cm³/mol. The summed E-state index contributed by atoms with van der Waals surface area (Å²) in [5.74, 6) is 0.751. The number of thioether (sulfide) groups is 1. The first-order chi connectivity index (χ1) is 12.9. The highest BCUT2D eigenvalue weighted by Gasteiger charge is 2.53. The average molecular weight is 393 g/mol. The second kappa shape index (κ2) is 8.50. The first-order valence-corrected chi connectivity index (χ1v) is 10.8. The van der Waals surface area contributed by atoms with E-state index in [1.165, 1.54) is 11.8 Å². The Balaban J connectivity index is 1.40. The monoisotopic (exact) mass is 392 g/mol. The third kappa shape index (κ3) is 4.94. The molecule has 0 radical (unpaired) electrons. The van der Waals surface area contributed by atoms with E-state index in [0.29, 0.717) is 43.6 Å². The van der Waals surface area contributed by atoms with E-state index < -0.39 is 5.97 Å². The van der Waals surface area contributed by atoms with Crippen molar-refractivity contribution in [1.82, 2.24) is 9.80 Å². The van der Waals surface area contributed by atoms with Gasteiger partial charge in [0.05, 0.1) is 12.2 Å². The maximum atomic E-state index is 12.8. The molecular weight excluding hydrogens is 364 g/mol. The predicted octanol–water partition coefficient (Wildman–Crippen LogP) is 2.02. The van der Waals surface area contributed by atoms with Gasteiger partial charge in [-0.15, -0.1) is 0 Å². The molecule has 3 atom stereocenters. The Morgan fingerprint density at radius 1 is 1.15 bits per heavy atom. The average Bonchev–Trinajstić information content (AvgIpc) is 3.47. The summed E-state index contributed by atoms with van der Waals surface area (Å²) in [6, 6.07) is 0. The first-order valence-electron chi connectivity index (χ1n) is 9.61. The van der Waals surface area contributed by atoms with Gasteiger partial charge in [0.15, 0.2) is 0 Å². The molecule has 1 unspecified atom stereocenters. The number of piperazine rings is 1. The van der Waals surface area contributed by atoms with Crippen LogP contribution in [0.5, 0.6) is 0 Å². The molecule has 1 saturated carbocycles. The third-order valence-corrected chi connectivity index (χ3v) is 6.81. The van der Waals surface area contributed by atoms with Crippen molar-refractivity contribution in [2.24, 2.45) is 17.3 Å². The molecular formula is C20H28N2O4S. The van der Waals surface area contributed by atoms with Crippen LogP contribution in [0.1, 0.15) is 26.2 Å². The van der Waals surface area contributed by atoms with E-state index in [1.54, 1.807) is 4.90 Å². The maximum absolute atomic E-state index is 12.8. The van der Waals surface area contributed by atoms with Crippen LogP contribution >= 0.6 is 11.8 Å². The van der Waals surface area contributed by atoms with E-state index in [1.807, 2.05) is 4.90 Å². The lowest BCUT2D eigenvalue weighted by atomic mass is 9.78. The second-order valence-corrected chi connectivity index (χ2v) is 8.95. The van der Waals surface area contributed by atoms with Gasteiger partial charge in [0, 0.05) is 37.8 Å². The minimum Gasteiger partial charge on any atom is -0.481 e. The molecule has 3 aliphatic rings. The molecule has 1 aliphatic heterocycles. The summed E-state index contributed by atoms with van der Waals surface area (Å²) in [6.07, 6.45) is 10.6. The number of carboxylic acid groups (broad SMARTS) is 1. The van der Waals surface area contributed by atoms with Crippen molar-refractivity contribution in [3.8, 4) is 0 Å². The molecule has 7 heteroatoms. The van der Waals surface area contributed by atoms with Crippen LogP contribution in [0.25, 0.3) is 0 Å². The number of carboxylic acids is 1. The number of carbonyl (C=O) groups is 3. The van der Waals surface area contributed by atoms with E-state index in [9.17, 15) is 14.4 Å². The van der Waals surface area contributed by atoms with Crippen LogP contribution in [-0.2, 0) is 14.4 Å². The number of amides is 2. The number of rotatable bonds is 7. The Hall–Kier alpha value is -1.76. The van der Waals surface area contributed by atoms with E-state index in [2.05, 4.69) is 31.2 Å². The lowest BCUT2D eigenvalue weighted by molar-refractivity contribution is -0.139. The van der Waals surface area contributed by atoms with Crippen LogP contribution in [0.4, 0.5) is 0 Å². The van der Waals surface area contributed by atoms with Gasteiger partial charge < -0.3 is 14.9 Å². The topological polar surface area (TPSA) is 77.9 Å². The molecule has 27 heavy (non-hydrogen) atoms. The van der Waals surface area contributed by atoms with Crippen LogP contribution < -0.4 is 0 Å². The zero-order valence-corrected chi connectivity index (χ0v) is 16.6. The highest BCUT2D eigenvalue weighted by molar-refractivity contribution is 7.99. The van der Waals surface area contributed by atoms with Crippen molar-refractivity contribution in [2.75, 3.05) is 37.7 Å². The molecule has 1 saturated heterocycles. The number of hydrogen-bond donors (Lipinski definition) is 1. The minimum absolute atomic E-state index is 0.0356. The van der Waals surface area contributed by atoms with Crippen LogP contribution in [0.3, 0.4) is 0 Å². The number of nitrogens with zero attached hydrogens (tertiary/aromatic N) is 2. The summed E-state index contributed by atoms with van der Waals surface area (Å²) in [7, 11) is 0. The molecule has 2 amide bonds. The van der Waals surface area contributed by atoms with Crippen molar-refractivity contribution < 1.29 is 19.5 Å². The van der Waals surface area contributed by atoms with Gasteiger partial charge >= 0.3 is 5.97 Å². The van der Waals surface area contributed by atoms with Crippen LogP contribution in [0, 0.1) is 17.3 Å². The van der Waals surface area contributed by atoms with Gasteiger partial charge in [-0.2, -0.15) is 11.8 Å². The number of allylic oxidation sites excluding steroid dienone is 4. The summed E-state index contributed by atoms with van der Waals surface area (Å²) < 4.78 is 0. The second-order valence-electron chi connectivity index (χ2n) is 7.85. The summed E-state index contributed by atoms with van der Waals surface area (Å²) >= 11 is 1.36. The quantitative estimate of drug-likeness (QED) is 0.671. The highest BCUT2D eigenvalue weighted by Crippen LogP contribution is 2.55. The van der Waals surface area contributed by atoms with Gasteiger partial charge in [0.2, 0.25) is 11.8 Å². The SMILES string of the molecule is CC1([C@@H]2C[C@H]2C(=O)N2CCN(C(=O)CSCCC(=O)O)CC2)C=CC=CC1. The summed E-state index contributed by atoms with van der Waals surface area (Å²) in [5, 5.41) is 8.62. The number of aliphatic carboxylic acids is 1. The van der Waals surface area contributed by atoms with E-state index >= 15 is 0 Å². The Labute approximate surface area is 164 Å². The van der Waals surface area contributed by atoms with E-state index in [-0.39, 0.29) is 29.6 Å². The van der Waals surface area contributed by atoms with Crippen molar-refractivity contribution in [3.05, 3.63) is 24.3 Å². The Kier molecular flexibility index (Phi) is 6.29. The third-order valence-electron chi connectivity index (χ3n) is 5.87. The van der Waals surface area contributed by atoms with E-state index in [0.717, 1.165) is 12.8 Å². The van der Waals surface area contributed by atoms with Crippen molar-refractivity contribution in [2.45, 2.75) is 26.2 Å². The van der Waals surface area contributed by atoms with E-state index in [4.69, 9.17) is 5.11 Å². The van der Waals surface area contributed by atoms with Gasteiger partial charge in [-0.1, -0.05) is 31.2 Å². The van der Waals surface area contributed by atoms with Gasteiger partial charge in [-0.25, -0.2) is 0 Å². The fraction of sp³-hybridized carbons (Fsp3) is 0.650. The molecule has 6 nitrogen and oxygen atoms in total. The van der Waals surface area contributed by atoms with Gasteiger partial charge in [0.25, 0.3) is 0 Å². The zero-order chi connectivity index (χ0) is 19.4.